The molecule has 0 aromatic rings. The maximum absolute atomic E-state index is 9.92. The van der Waals surface area contributed by atoms with Crippen LogP contribution >= 0.6 is 0 Å². The Labute approximate surface area is 79.7 Å². The summed E-state index contributed by atoms with van der Waals surface area (Å²) >= 11 is 0. The Hall–Kier alpha value is 1.56. The van der Waals surface area contributed by atoms with Crippen molar-refractivity contribution in [2.75, 3.05) is 13.1 Å². The second-order valence-electron chi connectivity index (χ2n) is 1.28. The topological polar surface area (TPSA) is 35.1 Å². The fourth-order valence-electron chi connectivity index (χ4n) is 0.262. The van der Waals surface area contributed by atoms with Gasteiger partial charge in [-0.25, -0.2) is 0 Å². The van der Waals surface area contributed by atoms with Gasteiger partial charge in [-0.3, -0.25) is 0 Å². The molecule has 2 nitrogen and oxygen atoms in total. The largest absolute Gasteiger partial charge is 1.00 e. The molecule has 0 saturated carbocycles. The summed E-state index contributed by atoms with van der Waals surface area (Å²) in [5.41, 5.74) is 0. The smallest absolute Gasteiger partial charge is 0.850 e. The van der Waals surface area contributed by atoms with E-state index in [1.54, 1.807) is 0 Å². The van der Waals surface area contributed by atoms with Crippen molar-refractivity contribution in [3.63, 3.8) is 0 Å². The molecule has 1 heterocycles. The van der Waals surface area contributed by atoms with Crippen molar-refractivity contribution in [1.29, 1.82) is 0 Å². The number of rotatable bonds is 0. The molecule has 0 unspecified atom stereocenters. The Morgan fingerprint density at radius 1 is 1.50 bits per heavy atom. The van der Waals surface area contributed by atoms with Crippen LogP contribution in [-0.4, -0.2) is 19.2 Å². The average molecular weight is 111 g/mol. The molecule has 30 valence electrons. The number of hydrogen-bond donors (Lipinski definition) is 1. The molecule has 0 aliphatic carbocycles. The Kier molecular flexibility index (Phi) is 4.46. The maximum atomic E-state index is 9.92. The summed E-state index contributed by atoms with van der Waals surface area (Å²) in [4.78, 5) is 0. The molecule has 1 aliphatic rings. The molecular weight excluding hydrogens is 105 g/mol. The molecule has 0 aromatic carbocycles. The molecule has 1 rings (SSSR count). The first-order valence-electron chi connectivity index (χ1n) is 1.76. The van der Waals surface area contributed by atoms with Crippen molar-refractivity contribution in [3.05, 3.63) is 0 Å². The zero-order valence-corrected chi connectivity index (χ0v) is 7.02. The van der Waals surface area contributed by atoms with E-state index in [0.29, 0.717) is 13.1 Å². The molecular formula is C3H6KNO. The van der Waals surface area contributed by atoms with Crippen molar-refractivity contribution in [1.82, 2.24) is 5.32 Å². The molecule has 1 fully saturated rings. The van der Waals surface area contributed by atoms with Gasteiger partial charge in [0.25, 0.3) is 0 Å². The van der Waals surface area contributed by atoms with Gasteiger partial charge in [-0.1, -0.05) is 0 Å². The molecule has 1 aliphatic heterocycles. The van der Waals surface area contributed by atoms with E-state index in [0.717, 1.165) is 0 Å². The molecule has 0 spiro atoms. The second kappa shape index (κ2) is 3.55. The van der Waals surface area contributed by atoms with Gasteiger partial charge >= 0.3 is 51.4 Å². The molecule has 0 atom stereocenters. The summed E-state index contributed by atoms with van der Waals surface area (Å²) in [5.74, 6) is 0. The van der Waals surface area contributed by atoms with Gasteiger partial charge in [0.15, 0.2) is 0 Å². The molecule has 1 N–H and O–H groups in total. The van der Waals surface area contributed by atoms with E-state index in [1.807, 2.05) is 0 Å². The Morgan fingerprint density at radius 2 is 1.83 bits per heavy atom. The summed E-state index contributed by atoms with van der Waals surface area (Å²) in [7, 11) is 0. The Balaban J connectivity index is 0.000000250. The van der Waals surface area contributed by atoms with E-state index < -0.39 is 0 Å². The third-order valence-electron chi connectivity index (χ3n) is 0.744. The number of nitrogens with one attached hydrogen (secondary N) is 1. The Bertz CT molecular complexity index is 37.8. The molecule has 0 radical (unpaired) electrons. The minimum Gasteiger partial charge on any atom is -0.850 e. The third kappa shape index (κ3) is 2.02. The van der Waals surface area contributed by atoms with Crippen molar-refractivity contribution < 1.29 is 56.5 Å². The normalized spacial score (nSPS) is 21.5. The first-order chi connectivity index (χ1) is 2.39. The van der Waals surface area contributed by atoms with Crippen LogP contribution in [0.15, 0.2) is 0 Å². The zero-order valence-electron chi connectivity index (χ0n) is 3.90. The van der Waals surface area contributed by atoms with Gasteiger partial charge in [-0.15, -0.1) is 6.10 Å². The van der Waals surface area contributed by atoms with E-state index >= 15 is 0 Å². The van der Waals surface area contributed by atoms with Crippen molar-refractivity contribution in [2.45, 2.75) is 6.10 Å². The van der Waals surface area contributed by atoms with Gasteiger partial charge in [0, 0.05) is 0 Å². The molecule has 1 saturated heterocycles. The van der Waals surface area contributed by atoms with Gasteiger partial charge in [0.1, 0.15) is 0 Å². The van der Waals surface area contributed by atoms with Crippen molar-refractivity contribution in [3.8, 4) is 0 Å². The quantitative estimate of drug-likeness (QED) is 0.319. The second-order valence-corrected chi connectivity index (χ2v) is 1.28. The summed E-state index contributed by atoms with van der Waals surface area (Å²) in [6, 6.07) is 0. The SMILES string of the molecule is [K+].[O-]C1CNC1. The number of hydrogen-bond acceptors (Lipinski definition) is 2. The van der Waals surface area contributed by atoms with Crippen molar-refractivity contribution in [2.24, 2.45) is 0 Å². The van der Waals surface area contributed by atoms with Crippen LogP contribution in [-0.2, 0) is 0 Å². The molecule has 0 bridgehead atoms. The predicted molar refractivity (Wildman–Crippen MR) is 16.7 cm³/mol. The van der Waals surface area contributed by atoms with Crippen LogP contribution in [0, 0.1) is 0 Å². The van der Waals surface area contributed by atoms with Crippen LogP contribution < -0.4 is 61.8 Å². The van der Waals surface area contributed by atoms with Crippen LogP contribution in [0.4, 0.5) is 0 Å². The van der Waals surface area contributed by atoms with E-state index in [2.05, 4.69) is 5.32 Å². The molecule has 3 heteroatoms. The molecule has 6 heavy (non-hydrogen) atoms. The van der Waals surface area contributed by atoms with Crippen LogP contribution in [0.5, 0.6) is 0 Å². The minimum absolute atomic E-state index is 0. The first-order valence-corrected chi connectivity index (χ1v) is 1.76. The zero-order chi connectivity index (χ0) is 3.70. The van der Waals surface area contributed by atoms with E-state index in [9.17, 15) is 5.11 Å². The Morgan fingerprint density at radius 3 is 1.83 bits per heavy atom. The summed E-state index contributed by atoms with van der Waals surface area (Å²) in [6.45, 7) is 1.36. The maximum Gasteiger partial charge on any atom is 1.00 e. The van der Waals surface area contributed by atoms with E-state index in [4.69, 9.17) is 0 Å². The van der Waals surface area contributed by atoms with Crippen LogP contribution in [0.3, 0.4) is 0 Å². The van der Waals surface area contributed by atoms with Crippen molar-refractivity contribution >= 4 is 0 Å². The summed E-state index contributed by atoms with van der Waals surface area (Å²) < 4.78 is 0. The van der Waals surface area contributed by atoms with Gasteiger partial charge in [-0.2, -0.15) is 0 Å². The van der Waals surface area contributed by atoms with Crippen LogP contribution in [0.2, 0.25) is 0 Å². The van der Waals surface area contributed by atoms with E-state index in [-0.39, 0.29) is 57.5 Å². The minimum atomic E-state index is -0.296. The first kappa shape index (κ1) is 7.56. The monoisotopic (exact) mass is 111 g/mol. The van der Waals surface area contributed by atoms with Gasteiger partial charge < -0.3 is 10.4 Å². The van der Waals surface area contributed by atoms with E-state index in [1.165, 1.54) is 0 Å². The molecule has 0 aromatic heterocycles. The van der Waals surface area contributed by atoms with Gasteiger partial charge in [0.2, 0.25) is 0 Å². The van der Waals surface area contributed by atoms with Gasteiger partial charge in [0.05, 0.1) is 0 Å². The summed E-state index contributed by atoms with van der Waals surface area (Å²) in [6.07, 6.45) is -0.296. The molecule has 0 amide bonds. The van der Waals surface area contributed by atoms with Gasteiger partial charge in [-0.05, 0) is 13.1 Å². The average Bonchev–Trinajstić information content (AvgIpc) is 1.30. The summed E-state index contributed by atoms with van der Waals surface area (Å²) in [5, 5.41) is 12.8. The fraction of sp³-hybridized carbons (Fsp3) is 1.00. The van der Waals surface area contributed by atoms with Crippen LogP contribution in [0.1, 0.15) is 0 Å². The fourth-order valence-corrected chi connectivity index (χ4v) is 0.262. The van der Waals surface area contributed by atoms with Crippen LogP contribution in [0.25, 0.3) is 0 Å². The standard InChI is InChI=1S/C3H6NO.K/c5-3-1-4-2-3;/h3-4H,1-2H2;/q-1;+1. The predicted octanol–water partition coefficient (Wildman–Crippen LogP) is -4.68. The third-order valence-corrected chi connectivity index (χ3v) is 0.744.